The van der Waals surface area contributed by atoms with Gasteiger partial charge in [-0.2, -0.15) is 0 Å². The normalized spacial score (nSPS) is 10.5. The van der Waals surface area contributed by atoms with Gasteiger partial charge in [0.25, 0.3) is 0 Å². The minimum Gasteiger partial charge on any atom is -0.399 e. The van der Waals surface area contributed by atoms with Gasteiger partial charge in [-0.3, -0.25) is 29.9 Å². The summed E-state index contributed by atoms with van der Waals surface area (Å²) in [6.45, 7) is 0. The molecule has 0 saturated heterocycles. The van der Waals surface area contributed by atoms with Crippen molar-refractivity contribution >= 4 is 66.6 Å². The fourth-order valence-corrected chi connectivity index (χ4v) is 5.29. The van der Waals surface area contributed by atoms with Crippen molar-refractivity contribution in [1.82, 2.24) is 39.9 Å². The van der Waals surface area contributed by atoms with Gasteiger partial charge in [0.15, 0.2) is 0 Å². The van der Waals surface area contributed by atoms with E-state index in [2.05, 4.69) is 29.9 Å². The SMILES string of the molecule is Nc1ccnc(-c2cc(N)ccn2)c1.Nc1ccnc(-c2cc(N)ccn2)c1.[Os].c1ccc2nc3c4cccnc4c4ncccc4c3nc2c1. The zero-order chi connectivity index (χ0) is 34.5. The van der Waals surface area contributed by atoms with E-state index in [4.69, 9.17) is 32.9 Å². The summed E-state index contributed by atoms with van der Waals surface area (Å²) < 4.78 is 0. The second-order valence-corrected chi connectivity index (χ2v) is 11.1. The van der Waals surface area contributed by atoms with Gasteiger partial charge in [-0.15, -0.1) is 0 Å². The van der Waals surface area contributed by atoms with E-state index in [9.17, 15) is 0 Å². The van der Waals surface area contributed by atoms with Gasteiger partial charge < -0.3 is 22.9 Å². The van der Waals surface area contributed by atoms with Crippen LogP contribution in [0.15, 0.2) is 134 Å². The van der Waals surface area contributed by atoms with Gasteiger partial charge in [-0.05, 0) is 84.9 Å². The Labute approximate surface area is 305 Å². The number of benzene rings is 2. The maximum atomic E-state index is 5.63. The van der Waals surface area contributed by atoms with Gasteiger partial charge in [-0.25, -0.2) is 9.97 Å². The molecule has 0 aliphatic heterocycles. The maximum Gasteiger partial charge on any atom is 0.0996 e. The van der Waals surface area contributed by atoms with E-state index in [1.165, 1.54) is 0 Å². The molecule has 2 aromatic carbocycles. The second kappa shape index (κ2) is 15.2. The third-order valence-corrected chi connectivity index (χ3v) is 7.58. The minimum absolute atomic E-state index is 0. The van der Waals surface area contributed by atoms with Crippen molar-refractivity contribution in [2.45, 2.75) is 0 Å². The average Bonchev–Trinajstić information content (AvgIpc) is 3.15. The quantitative estimate of drug-likeness (QED) is 0.109. The van der Waals surface area contributed by atoms with E-state index in [1.807, 2.05) is 48.5 Å². The third-order valence-electron chi connectivity index (χ3n) is 7.58. The third kappa shape index (κ3) is 7.64. The molecule has 8 N–H and O–H groups in total. The Balaban J connectivity index is 0.000000137. The molecule has 12 nitrogen and oxygen atoms in total. The van der Waals surface area contributed by atoms with Crippen LogP contribution in [0.3, 0.4) is 0 Å². The summed E-state index contributed by atoms with van der Waals surface area (Å²) in [7, 11) is 0. The molecule has 0 aliphatic rings. The summed E-state index contributed by atoms with van der Waals surface area (Å²) in [6.07, 6.45) is 10.2. The van der Waals surface area contributed by atoms with E-state index in [0.717, 1.165) is 66.6 Å². The van der Waals surface area contributed by atoms with Crippen molar-refractivity contribution in [1.29, 1.82) is 0 Å². The number of hydrogen-bond acceptors (Lipinski definition) is 12. The maximum absolute atomic E-state index is 5.63. The molecule has 9 rings (SSSR count). The van der Waals surface area contributed by atoms with Crippen LogP contribution in [-0.2, 0) is 19.8 Å². The molecule has 0 saturated carbocycles. The topological polar surface area (TPSA) is 207 Å². The Morgan fingerprint density at radius 2 is 0.667 bits per heavy atom. The molecule has 0 amide bonds. The summed E-state index contributed by atoms with van der Waals surface area (Å²) in [6, 6.07) is 29.8. The average molecular weight is 845 g/mol. The van der Waals surface area contributed by atoms with Crippen LogP contribution in [0.25, 0.3) is 66.6 Å². The number of nitrogen functional groups attached to an aromatic ring is 4. The number of anilines is 4. The number of nitrogens with two attached hydrogens (primary N) is 4. The van der Waals surface area contributed by atoms with Crippen LogP contribution >= 0.6 is 0 Å². The first-order valence-electron chi connectivity index (χ1n) is 15.5. The number of nitrogens with zero attached hydrogens (tertiary/aromatic N) is 8. The smallest absolute Gasteiger partial charge is 0.0996 e. The molecule has 7 aromatic heterocycles. The van der Waals surface area contributed by atoms with Crippen LogP contribution in [0.5, 0.6) is 0 Å². The number of para-hydroxylation sites is 2. The summed E-state index contributed by atoms with van der Waals surface area (Å²) >= 11 is 0. The Morgan fingerprint density at radius 3 is 0.980 bits per heavy atom. The van der Waals surface area contributed by atoms with Crippen molar-refractivity contribution in [2.75, 3.05) is 22.9 Å². The molecule has 51 heavy (non-hydrogen) atoms. The number of hydrogen-bond donors (Lipinski definition) is 4. The number of pyridine rings is 6. The first-order valence-corrected chi connectivity index (χ1v) is 15.5. The molecule has 0 atom stereocenters. The molecule has 250 valence electrons. The van der Waals surface area contributed by atoms with Crippen molar-refractivity contribution in [2.24, 2.45) is 0 Å². The molecule has 0 unspecified atom stereocenters. The van der Waals surface area contributed by atoms with Gasteiger partial charge in [0.05, 0.1) is 55.9 Å². The predicted octanol–water partition coefficient (Wildman–Crippen LogP) is 6.49. The molecule has 0 bridgehead atoms. The van der Waals surface area contributed by atoms with Crippen LogP contribution in [0, 0.1) is 0 Å². The Hall–Kier alpha value is -6.70. The van der Waals surface area contributed by atoms with Crippen LogP contribution in [-0.4, -0.2) is 39.9 Å². The summed E-state index contributed by atoms with van der Waals surface area (Å²) in [5, 5.41) is 1.98. The van der Waals surface area contributed by atoms with Crippen molar-refractivity contribution in [3.63, 3.8) is 0 Å². The first kappa shape index (κ1) is 34.2. The molecule has 0 fully saturated rings. The molecular formula is C38H30N12Os. The van der Waals surface area contributed by atoms with Crippen molar-refractivity contribution in [3.05, 3.63) is 134 Å². The van der Waals surface area contributed by atoms with Crippen LogP contribution in [0.2, 0.25) is 0 Å². The first-order chi connectivity index (χ1) is 24.4. The van der Waals surface area contributed by atoms with Gasteiger partial charge in [-0.1, -0.05) is 12.1 Å². The summed E-state index contributed by atoms with van der Waals surface area (Å²) in [4.78, 5) is 35.3. The second-order valence-electron chi connectivity index (χ2n) is 11.1. The van der Waals surface area contributed by atoms with E-state index in [-0.39, 0.29) is 19.8 Å². The van der Waals surface area contributed by atoms with Crippen LogP contribution in [0.1, 0.15) is 0 Å². The molecule has 9 aromatic rings. The van der Waals surface area contributed by atoms with Crippen LogP contribution in [0.4, 0.5) is 22.7 Å². The van der Waals surface area contributed by atoms with Crippen LogP contribution < -0.4 is 22.9 Å². The molecule has 7 heterocycles. The summed E-state index contributed by atoms with van der Waals surface area (Å²) in [5.41, 5.74) is 33.4. The number of fused-ring (bicyclic) bond motifs is 7. The van der Waals surface area contributed by atoms with Crippen molar-refractivity contribution in [3.8, 4) is 22.8 Å². The zero-order valence-corrected chi connectivity index (χ0v) is 29.5. The molecule has 13 heteroatoms. The fourth-order valence-electron chi connectivity index (χ4n) is 5.29. The largest absolute Gasteiger partial charge is 0.399 e. The Bertz CT molecular complexity index is 2370. The van der Waals surface area contributed by atoms with E-state index in [1.54, 1.807) is 85.7 Å². The van der Waals surface area contributed by atoms with Crippen molar-refractivity contribution < 1.29 is 19.8 Å². The van der Waals surface area contributed by atoms with E-state index in [0.29, 0.717) is 22.7 Å². The molecule has 0 radical (unpaired) electrons. The zero-order valence-electron chi connectivity index (χ0n) is 26.9. The minimum atomic E-state index is 0. The standard InChI is InChI=1S/C18H10N4.2C10H10N4.Os/c1-2-8-14-13(7-1)21-17-11-5-3-9-19-15(11)16-12(18(17)22-14)6-4-10-20-16;2*11-7-1-3-13-9(5-7)10-6-8(12)2-4-14-10;/h1-10H;2*1-6H,(H2,11,13)(H2,12,14);. The molecule has 0 aliphatic carbocycles. The Morgan fingerprint density at radius 1 is 0.333 bits per heavy atom. The number of rotatable bonds is 2. The molecule has 0 spiro atoms. The van der Waals surface area contributed by atoms with E-state index < -0.39 is 0 Å². The number of aromatic nitrogens is 8. The molecular weight excluding hydrogens is 815 g/mol. The van der Waals surface area contributed by atoms with Gasteiger partial charge in [0.1, 0.15) is 0 Å². The predicted molar refractivity (Wildman–Crippen MR) is 200 cm³/mol. The Kier molecular flexibility index (Phi) is 10.2. The fraction of sp³-hybridized carbons (Fsp3) is 0. The summed E-state index contributed by atoms with van der Waals surface area (Å²) in [5.74, 6) is 0. The van der Waals surface area contributed by atoms with Gasteiger partial charge in [0, 0.05) is 90.5 Å². The van der Waals surface area contributed by atoms with Gasteiger partial charge >= 0.3 is 0 Å². The monoisotopic (exact) mass is 846 g/mol. The van der Waals surface area contributed by atoms with Gasteiger partial charge in [0.2, 0.25) is 0 Å². The van der Waals surface area contributed by atoms with E-state index >= 15 is 0 Å².